The second-order valence-corrected chi connectivity index (χ2v) is 4.53. The molecule has 2 rings (SSSR count). The molecule has 0 bridgehead atoms. The highest BCUT2D eigenvalue weighted by atomic mass is 16.5. The number of amides is 1. The number of nitrogens with two attached hydrogens (primary N) is 1. The van der Waals surface area contributed by atoms with Crippen LogP contribution in [0.15, 0.2) is 42.5 Å². The van der Waals surface area contributed by atoms with Crippen LogP contribution in [0.5, 0.6) is 11.5 Å². The van der Waals surface area contributed by atoms with E-state index in [1.165, 1.54) is 12.0 Å². The molecule has 0 heterocycles. The van der Waals surface area contributed by atoms with E-state index in [9.17, 15) is 4.79 Å². The first-order valence-corrected chi connectivity index (χ1v) is 6.42. The number of benzene rings is 2. The number of carbonyl (C=O) groups is 1. The van der Waals surface area contributed by atoms with E-state index in [1.54, 1.807) is 50.6 Å². The minimum Gasteiger partial charge on any atom is -0.497 e. The molecule has 0 aromatic heterocycles. The van der Waals surface area contributed by atoms with Crippen molar-refractivity contribution in [3.63, 3.8) is 0 Å². The third-order valence-corrected chi connectivity index (χ3v) is 3.20. The van der Waals surface area contributed by atoms with Crippen molar-refractivity contribution < 1.29 is 14.3 Å². The average Bonchev–Trinajstić information content (AvgIpc) is 2.52. The summed E-state index contributed by atoms with van der Waals surface area (Å²) in [7, 11) is 4.77. The van der Waals surface area contributed by atoms with Gasteiger partial charge in [-0.15, -0.1) is 0 Å². The van der Waals surface area contributed by atoms with Crippen LogP contribution < -0.4 is 20.1 Å². The third-order valence-electron chi connectivity index (χ3n) is 3.20. The topological polar surface area (TPSA) is 64.8 Å². The molecule has 0 spiro atoms. The van der Waals surface area contributed by atoms with E-state index in [1.807, 2.05) is 6.07 Å². The predicted octanol–water partition coefficient (Wildman–Crippen LogP) is 2.56. The lowest BCUT2D eigenvalue weighted by Crippen LogP contribution is -2.26. The number of hydrogen-bond acceptors (Lipinski definition) is 4. The zero-order valence-corrected chi connectivity index (χ0v) is 12.3. The van der Waals surface area contributed by atoms with Crippen LogP contribution in [0.2, 0.25) is 0 Å². The van der Waals surface area contributed by atoms with Crippen LogP contribution in [0.1, 0.15) is 10.4 Å². The van der Waals surface area contributed by atoms with Gasteiger partial charge in [0.1, 0.15) is 11.5 Å². The van der Waals surface area contributed by atoms with Gasteiger partial charge in [0.15, 0.2) is 0 Å². The molecule has 0 saturated heterocycles. The Hall–Kier alpha value is -2.69. The summed E-state index contributed by atoms with van der Waals surface area (Å²) in [5.74, 6) is 0.896. The van der Waals surface area contributed by atoms with Crippen molar-refractivity contribution in [1.29, 1.82) is 0 Å². The Labute approximate surface area is 123 Å². The fraction of sp³-hybridized carbons (Fsp3) is 0.188. The molecule has 1 amide bonds. The van der Waals surface area contributed by atoms with Crippen molar-refractivity contribution in [3.8, 4) is 11.5 Å². The van der Waals surface area contributed by atoms with E-state index >= 15 is 0 Å². The van der Waals surface area contributed by atoms with Gasteiger partial charge in [-0.25, -0.2) is 0 Å². The molecule has 0 atom stereocenters. The van der Waals surface area contributed by atoms with E-state index in [2.05, 4.69) is 0 Å². The van der Waals surface area contributed by atoms with Gasteiger partial charge >= 0.3 is 0 Å². The summed E-state index contributed by atoms with van der Waals surface area (Å²) in [4.78, 5) is 14.2. The van der Waals surface area contributed by atoms with Crippen LogP contribution in [0.25, 0.3) is 0 Å². The van der Waals surface area contributed by atoms with Crippen molar-refractivity contribution in [2.75, 3.05) is 31.9 Å². The first-order chi connectivity index (χ1) is 10.1. The molecule has 2 aromatic carbocycles. The Morgan fingerprint density at radius 1 is 1.10 bits per heavy atom. The van der Waals surface area contributed by atoms with Crippen molar-refractivity contribution in [2.45, 2.75) is 0 Å². The van der Waals surface area contributed by atoms with E-state index < -0.39 is 0 Å². The summed E-state index contributed by atoms with van der Waals surface area (Å²) in [5, 5.41) is 0. The molecule has 0 aliphatic rings. The van der Waals surface area contributed by atoms with Crippen LogP contribution >= 0.6 is 0 Å². The van der Waals surface area contributed by atoms with E-state index in [-0.39, 0.29) is 5.91 Å². The fourth-order valence-corrected chi connectivity index (χ4v) is 2.01. The highest BCUT2D eigenvalue weighted by Gasteiger charge is 2.19. The molecule has 110 valence electrons. The standard InChI is InChI=1S/C16H18N2O3/c1-18(12-6-4-5-11(17)9-12)16(19)14-10-13(20-2)7-8-15(14)21-3/h4-10H,17H2,1-3H3. The number of methoxy groups -OCH3 is 2. The molecule has 0 aliphatic heterocycles. The second kappa shape index (κ2) is 6.17. The van der Waals surface area contributed by atoms with Gasteiger partial charge in [0.25, 0.3) is 5.91 Å². The lowest BCUT2D eigenvalue weighted by atomic mass is 10.1. The summed E-state index contributed by atoms with van der Waals surface area (Å²) >= 11 is 0. The van der Waals surface area contributed by atoms with Gasteiger partial charge in [0, 0.05) is 18.4 Å². The SMILES string of the molecule is COc1ccc(OC)c(C(=O)N(C)c2cccc(N)c2)c1. The highest BCUT2D eigenvalue weighted by Crippen LogP contribution is 2.27. The van der Waals surface area contributed by atoms with Crippen LogP contribution in [-0.2, 0) is 0 Å². The van der Waals surface area contributed by atoms with Gasteiger partial charge in [-0.05, 0) is 36.4 Å². The zero-order chi connectivity index (χ0) is 15.4. The van der Waals surface area contributed by atoms with Crippen molar-refractivity contribution in [2.24, 2.45) is 0 Å². The summed E-state index contributed by atoms with van der Waals surface area (Å²) in [6.45, 7) is 0. The van der Waals surface area contributed by atoms with Gasteiger partial charge < -0.3 is 20.1 Å². The van der Waals surface area contributed by atoms with Crippen LogP contribution in [0, 0.1) is 0 Å². The molecule has 0 saturated carbocycles. The number of nitrogen functional groups attached to an aromatic ring is 1. The van der Waals surface area contributed by atoms with Gasteiger partial charge in [0.2, 0.25) is 0 Å². The Kier molecular flexibility index (Phi) is 4.33. The minimum absolute atomic E-state index is 0.198. The Bertz CT molecular complexity index is 656. The van der Waals surface area contributed by atoms with Crippen molar-refractivity contribution in [1.82, 2.24) is 0 Å². The molecule has 21 heavy (non-hydrogen) atoms. The fourth-order valence-electron chi connectivity index (χ4n) is 2.01. The Morgan fingerprint density at radius 3 is 2.48 bits per heavy atom. The lowest BCUT2D eigenvalue weighted by molar-refractivity contribution is 0.0989. The predicted molar refractivity (Wildman–Crippen MR) is 83.1 cm³/mol. The number of ether oxygens (including phenoxy) is 2. The molecular formula is C16H18N2O3. The third kappa shape index (κ3) is 3.08. The summed E-state index contributed by atoms with van der Waals surface area (Å²) in [5.41, 5.74) is 7.50. The zero-order valence-electron chi connectivity index (χ0n) is 12.3. The Morgan fingerprint density at radius 2 is 1.86 bits per heavy atom. The van der Waals surface area contributed by atoms with Gasteiger partial charge in [-0.2, -0.15) is 0 Å². The lowest BCUT2D eigenvalue weighted by Gasteiger charge is -2.19. The quantitative estimate of drug-likeness (QED) is 0.877. The number of anilines is 2. The molecule has 0 unspecified atom stereocenters. The first-order valence-electron chi connectivity index (χ1n) is 6.42. The monoisotopic (exact) mass is 286 g/mol. The molecule has 5 nitrogen and oxygen atoms in total. The van der Waals surface area contributed by atoms with Gasteiger partial charge in [-0.1, -0.05) is 6.07 Å². The Balaban J connectivity index is 2.39. The van der Waals surface area contributed by atoms with Crippen LogP contribution in [0.3, 0.4) is 0 Å². The molecule has 2 N–H and O–H groups in total. The molecular weight excluding hydrogens is 268 g/mol. The van der Waals surface area contributed by atoms with Crippen molar-refractivity contribution >= 4 is 17.3 Å². The van der Waals surface area contributed by atoms with Crippen molar-refractivity contribution in [3.05, 3.63) is 48.0 Å². The average molecular weight is 286 g/mol. The highest BCUT2D eigenvalue weighted by molar-refractivity contribution is 6.08. The van der Waals surface area contributed by atoms with Gasteiger partial charge in [-0.3, -0.25) is 4.79 Å². The summed E-state index contributed by atoms with van der Waals surface area (Å²) in [6.07, 6.45) is 0. The molecule has 2 aromatic rings. The maximum atomic E-state index is 12.7. The largest absolute Gasteiger partial charge is 0.497 e. The van der Waals surface area contributed by atoms with Gasteiger partial charge in [0.05, 0.1) is 19.8 Å². The molecule has 0 aliphatic carbocycles. The van der Waals surface area contributed by atoms with Crippen LogP contribution in [-0.4, -0.2) is 27.2 Å². The molecule has 5 heteroatoms. The van der Waals surface area contributed by atoms with E-state index in [4.69, 9.17) is 15.2 Å². The summed E-state index contributed by atoms with van der Waals surface area (Å²) < 4.78 is 10.4. The molecule has 0 radical (unpaired) electrons. The number of carbonyl (C=O) groups excluding carboxylic acids is 1. The first kappa shape index (κ1) is 14.7. The maximum Gasteiger partial charge on any atom is 0.261 e. The smallest absolute Gasteiger partial charge is 0.261 e. The summed E-state index contributed by atoms with van der Waals surface area (Å²) in [6, 6.07) is 12.2. The molecule has 0 fully saturated rings. The van der Waals surface area contributed by atoms with Crippen LogP contribution in [0.4, 0.5) is 11.4 Å². The number of hydrogen-bond donors (Lipinski definition) is 1. The van der Waals surface area contributed by atoms with E-state index in [0.29, 0.717) is 28.4 Å². The number of nitrogens with zero attached hydrogens (tertiary/aromatic N) is 1. The minimum atomic E-state index is -0.198. The number of rotatable bonds is 4. The normalized spacial score (nSPS) is 10.0. The second-order valence-electron chi connectivity index (χ2n) is 4.53. The van der Waals surface area contributed by atoms with E-state index in [0.717, 1.165) is 0 Å². The maximum absolute atomic E-state index is 12.7.